The van der Waals surface area contributed by atoms with Gasteiger partial charge in [-0.3, -0.25) is 4.79 Å². The van der Waals surface area contributed by atoms with Crippen molar-refractivity contribution in [1.82, 2.24) is 14.9 Å². The molecule has 1 aromatic heterocycles. The number of hydrogen-bond acceptors (Lipinski definition) is 6. The van der Waals surface area contributed by atoms with Gasteiger partial charge in [0.15, 0.2) is 0 Å². The first-order valence-electron chi connectivity index (χ1n) is 8.38. The summed E-state index contributed by atoms with van der Waals surface area (Å²) in [4.78, 5) is 24.1. The molecule has 1 aromatic carbocycles. The van der Waals surface area contributed by atoms with Crippen LogP contribution in [0.2, 0.25) is 0 Å². The maximum absolute atomic E-state index is 13.5. The van der Waals surface area contributed by atoms with Crippen LogP contribution >= 0.6 is 11.8 Å². The topological polar surface area (TPSA) is 61.4 Å². The average molecular weight is 375 g/mol. The number of rotatable bonds is 6. The predicted octanol–water partition coefficient (Wildman–Crippen LogP) is 2.37. The van der Waals surface area contributed by atoms with Crippen LogP contribution in [0.5, 0.6) is 0 Å². The molecule has 0 spiro atoms. The zero-order valence-electron chi connectivity index (χ0n) is 14.9. The zero-order valence-corrected chi connectivity index (χ0v) is 15.7. The highest BCUT2D eigenvalue weighted by molar-refractivity contribution is 7.97. The largest absolute Gasteiger partial charge is 0.366 e. The van der Waals surface area contributed by atoms with Crippen LogP contribution in [0.25, 0.3) is 0 Å². The Morgan fingerprint density at radius 2 is 2.08 bits per heavy atom. The number of halogens is 1. The van der Waals surface area contributed by atoms with Crippen molar-refractivity contribution < 1.29 is 9.18 Å². The van der Waals surface area contributed by atoms with Crippen LogP contribution in [0.4, 0.5) is 16.0 Å². The van der Waals surface area contributed by atoms with Gasteiger partial charge in [-0.25, -0.2) is 14.4 Å². The van der Waals surface area contributed by atoms with Crippen LogP contribution in [-0.2, 0) is 17.1 Å². The molecule has 3 rings (SSSR count). The molecule has 0 saturated carbocycles. The number of piperazine rings is 1. The Morgan fingerprint density at radius 3 is 2.85 bits per heavy atom. The van der Waals surface area contributed by atoms with E-state index in [2.05, 4.69) is 15.3 Å². The summed E-state index contributed by atoms with van der Waals surface area (Å²) >= 11 is 1.66. The molecule has 1 fully saturated rings. The molecule has 1 aliphatic rings. The molecule has 0 atom stereocenters. The first-order chi connectivity index (χ1) is 12.6. The van der Waals surface area contributed by atoms with Gasteiger partial charge in [-0.2, -0.15) is 11.8 Å². The summed E-state index contributed by atoms with van der Waals surface area (Å²) in [5.74, 6) is 2.03. The van der Waals surface area contributed by atoms with E-state index in [1.165, 1.54) is 12.4 Å². The minimum atomic E-state index is -0.221. The Labute approximate surface area is 156 Å². The molecule has 8 heteroatoms. The molecular formula is C18H22FN5OS. The lowest BCUT2D eigenvalue weighted by molar-refractivity contribution is -0.129. The number of nitrogens with one attached hydrogen (secondary N) is 1. The maximum atomic E-state index is 13.5. The van der Waals surface area contributed by atoms with Crippen molar-refractivity contribution in [3.63, 3.8) is 0 Å². The number of benzene rings is 1. The van der Waals surface area contributed by atoms with Crippen LogP contribution in [0.15, 0.2) is 30.6 Å². The molecule has 0 unspecified atom stereocenters. The van der Waals surface area contributed by atoms with Gasteiger partial charge >= 0.3 is 0 Å². The van der Waals surface area contributed by atoms with Gasteiger partial charge in [0.25, 0.3) is 0 Å². The molecule has 2 aromatic rings. The maximum Gasteiger partial charge on any atom is 0.241 e. The van der Waals surface area contributed by atoms with E-state index in [0.717, 1.165) is 29.2 Å². The van der Waals surface area contributed by atoms with E-state index in [0.29, 0.717) is 25.5 Å². The van der Waals surface area contributed by atoms with Gasteiger partial charge in [0.05, 0.1) is 6.54 Å². The SMILES string of the molecule is CSCc1cc(F)ccc1CNc1cc(N2CCN(C)C(=O)C2)ncn1. The van der Waals surface area contributed by atoms with Crippen LogP contribution < -0.4 is 10.2 Å². The molecule has 0 radical (unpaired) electrons. The van der Waals surface area contributed by atoms with Crippen LogP contribution in [0.1, 0.15) is 11.1 Å². The van der Waals surface area contributed by atoms with Gasteiger partial charge in [0, 0.05) is 38.5 Å². The van der Waals surface area contributed by atoms with E-state index in [1.54, 1.807) is 28.8 Å². The lowest BCUT2D eigenvalue weighted by atomic mass is 10.1. The Kier molecular flexibility index (Phi) is 5.92. The van der Waals surface area contributed by atoms with Crippen molar-refractivity contribution in [2.75, 3.05) is 43.2 Å². The van der Waals surface area contributed by atoms with Crippen molar-refractivity contribution in [1.29, 1.82) is 0 Å². The minimum Gasteiger partial charge on any atom is -0.366 e. The second-order valence-electron chi connectivity index (χ2n) is 6.20. The Bertz CT molecular complexity index is 788. The molecule has 1 amide bonds. The van der Waals surface area contributed by atoms with Gasteiger partial charge in [0.2, 0.25) is 5.91 Å². The summed E-state index contributed by atoms with van der Waals surface area (Å²) in [6.07, 6.45) is 3.49. The third kappa shape index (κ3) is 4.43. The number of carbonyl (C=O) groups excluding carboxylic acids is 1. The number of nitrogens with zero attached hydrogens (tertiary/aromatic N) is 4. The summed E-state index contributed by atoms with van der Waals surface area (Å²) in [6.45, 7) is 2.30. The fraction of sp³-hybridized carbons (Fsp3) is 0.389. The van der Waals surface area contributed by atoms with Gasteiger partial charge < -0.3 is 15.1 Å². The Morgan fingerprint density at radius 1 is 1.23 bits per heavy atom. The lowest BCUT2D eigenvalue weighted by Crippen LogP contribution is -2.48. The number of amides is 1. The Hall–Kier alpha value is -2.35. The fourth-order valence-electron chi connectivity index (χ4n) is 2.81. The number of hydrogen-bond donors (Lipinski definition) is 1. The first kappa shape index (κ1) is 18.4. The van der Waals surface area contributed by atoms with Gasteiger partial charge in [-0.15, -0.1) is 0 Å². The minimum absolute atomic E-state index is 0.0809. The lowest BCUT2D eigenvalue weighted by Gasteiger charge is -2.32. The zero-order chi connectivity index (χ0) is 18.5. The summed E-state index contributed by atoms with van der Waals surface area (Å²) in [5, 5.41) is 3.27. The van der Waals surface area contributed by atoms with Crippen molar-refractivity contribution in [3.05, 3.63) is 47.5 Å². The molecule has 1 saturated heterocycles. The number of thioether (sulfide) groups is 1. The quantitative estimate of drug-likeness (QED) is 0.836. The van der Waals surface area contributed by atoms with Crippen molar-refractivity contribution in [2.45, 2.75) is 12.3 Å². The standard InChI is InChI=1S/C18H22FN5OS/c1-23-5-6-24(10-18(23)25)17-8-16(21-12-22-17)20-9-13-3-4-15(19)7-14(13)11-26-2/h3-4,7-8,12H,5-6,9-11H2,1-2H3,(H,20,21,22). The molecule has 6 nitrogen and oxygen atoms in total. The van der Waals surface area contributed by atoms with E-state index in [1.807, 2.05) is 24.3 Å². The molecule has 0 bridgehead atoms. The fourth-order valence-corrected chi connectivity index (χ4v) is 3.39. The number of carbonyl (C=O) groups is 1. The third-order valence-electron chi connectivity index (χ3n) is 4.36. The second-order valence-corrected chi connectivity index (χ2v) is 7.06. The highest BCUT2D eigenvalue weighted by Crippen LogP contribution is 2.20. The van der Waals surface area contributed by atoms with Crippen molar-refractivity contribution >= 4 is 29.3 Å². The molecule has 26 heavy (non-hydrogen) atoms. The highest BCUT2D eigenvalue weighted by atomic mass is 32.2. The number of anilines is 2. The Balaban J connectivity index is 1.69. The summed E-state index contributed by atoms with van der Waals surface area (Å²) in [7, 11) is 1.81. The molecule has 1 N–H and O–H groups in total. The average Bonchev–Trinajstić information content (AvgIpc) is 2.64. The van der Waals surface area contributed by atoms with E-state index in [-0.39, 0.29) is 11.7 Å². The van der Waals surface area contributed by atoms with Crippen LogP contribution in [0, 0.1) is 5.82 Å². The predicted molar refractivity (Wildman–Crippen MR) is 103 cm³/mol. The van der Waals surface area contributed by atoms with E-state index >= 15 is 0 Å². The summed E-state index contributed by atoms with van der Waals surface area (Å²) < 4.78 is 13.5. The monoisotopic (exact) mass is 375 g/mol. The molecule has 138 valence electrons. The molecule has 1 aliphatic heterocycles. The third-order valence-corrected chi connectivity index (χ3v) is 4.96. The normalized spacial score (nSPS) is 14.7. The van der Waals surface area contributed by atoms with Crippen molar-refractivity contribution in [2.24, 2.45) is 0 Å². The summed E-state index contributed by atoms with van der Waals surface area (Å²) in [6, 6.07) is 6.70. The van der Waals surface area contributed by atoms with E-state index in [4.69, 9.17) is 0 Å². The van der Waals surface area contributed by atoms with E-state index < -0.39 is 0 Å². The van der Waals surface area contributed by atoms with Crippen LogP contribution in [0.3, 0.4) is 0 Å². The molecular weight excluding hydrogens is 353 g/mol. The number of aromatic nitrogens is 2. The second kappa shape index (κ2) is 8.35. The van der Waals surface area contributed by atoms with Crippen molar-refractivity contribution in [3.8, 4) is 0 Å². The summed E-state index contributed by atoms with van der Waals surface area (Å²) in [5.41, 5.74) is 2.01. The first-order valence-corrected chi connectivity index (χ1v) is 9.77. The van der Waals surface area contributed by atoms with E-state index in [9.17, 15) is 9.18 Å². The number of likely N-dealkylation sites (N-methyl/N-ethyl adjacent to an activating group) is 1. The van der Waals surface area contributed by atoms with Gasteiger partial charge in [-0.1, -0.05) is 6.07 Å². The smallest absolute Gasteiger partial charge is 0.241 e. The molecule has 2 heterocycles. The highest BCUT2D eigenvalue weighted by Gasteiger charge is 2.22. The van der Waals surface area contributed by atoms with Gasteiger partial charge in [0.1, 0.15) is 23.8 Å². The van der Waals surface area contributed by atoms with Gasteiger partial charge in [-0.05, 0) is 29.5 Å². The molecule has 0 aliphatic carbocycles. The van der Waals surface area contributed by atoms with Crippen LogP contribution in [-0.4, -0.2) is 53.7 Å².